The van der Waals surface area contributed by atoms with Crippen molar-refractivity contribution < 1.29 is 19.1 Å². The minimum absolute atomic E-state index is 0.0932. The zero-order valence-corrected chi connectivity index (χ0v) is 23.3. The molecule has 0 radical (unpaired) electrons. The highest BCUT2D eigenvalue weighted by atomic mass is 16.6. The van der Waals surface area contributed by atoms with Crippen LogP contribution in [0.1, 0.15) is 106 Å². The summed E-state index contributed by atoms with van der Waals surface area (Å²) < 4.78 is 11.7. The Balaban J connectivity index is 1.56. The van der Waals surface area contributed by atoms with Gasteiger partial charge in [-0.25, -0.2) is 0 Å². The van der Waals surface area contributed by atoms with E-state index in [9.17, 15) is 9.59 Å². The maximum Gasteiger partial charge on any atom is 0.302 e. The standard InChI is InChI=1S/C31H50O4/c1-19(2)9-8-10-20(3)26-13-14-27-25-12-11-23-17-24(34-21(4)32)18-29(35-22(5)33)31(23,7)28(25)15-16-30(26,27)6/h11-12,19-20,23-29H,8-10,13-18H2,1-7H3/t20-,23?,24-,25+,26-,27+,28+,29+,30-,31+/m1/s1. The molecule has 0 aromatic carbocycles. The third-order valence-electron chi connectivity index (χ3n) is 11.0. The lowest BCUT2D eigenvalue weighted by molar-refractivity contribution is -0.188. The molecule has 1 unspecified atom stereocenters. The van der Waals surface area contributed by atoms with Gasteiger partial charge >= 0.3 is 11.9 Å². The summed E-state index contributed by atoms with van der Waals surface area (Å²) in [6.45, 7) is 15.2. The van der Waals surface area contributed by atoms with E-state index in [0.29, 0.717) is 23.7 Å². The molecule has 4 aliphatic carbocycles. The van der Waals surface area contributed by atoms with E-state index < -0.39 is 0 Å². The highest BCUT2D eigenvalue weighted by Crippen LogP contribution is 2.67. The van der Waals surface area contributed by atoms with Crippen molar-refractivity contribution in [1.82, 2.24) is 0 Å². The molecule has 4 rings (SSSR count). The van der Waals surface area contributed by atoms with Crippen LogP contribution < -0.4 is 0 Å². The zero-order valence-electron chi connectivity index (χ0n) is 23.3. The molecule has 0 amide bonds. The predicted octanol–water partition coefficient (Wildman–Crippen LogP) is 7.36. The number of ether oxygens (including phenoxy) is 2. The molecule has 198 valence electrons. The third-order valence-corrected chi connectivity index (χ3v) is 11.0. The topological polar surface area (TPSA) is 52.6 Å². The number of allylic oxidation sites excluding steroid dienone is 2. The summed E-state index contributed by atoms with van der Waals surface area (Å²) in [7, 11) is 0. The highest BCUT2D eigenvalue weighted by molar-refractivity contribution is 5.67. The van der Waals surface area contributed by atoms with E-state index in [1.165, 1.54) is 58.8 Å². The average molecular weight is 487 g/mol. The van der Waals surface area contributed by atoms with Gasteiger partial charge in [0.05, 0.1) is 0 Å². The van der Waals surface area contributed by atoms with Crippen LogP contribution in [0.5, 0.6) is 0 Å². The quantitative estimate of drug-likeness (QED) is 0.279. The SMILES string of the molecule is CC(=O)O[C@@H]1CC2C=C[C@H]3[C@@H]4CC[C@H]([C@H](C)CCCC(C)C)[C@@]4(C)CC[C@@H]3[C@@]2(C)[C@@H](OC(C)=O)C1. The van der Waals surface area contributed by atoms with Crippen LogP contribution in [0.15, 0.2) is 12.2 Å². The third kappa shape index (κ3) is 4.97. The van der Waals surface area contributed by atoms with Gasteiger partial charge in [-0.05, 0) is 78.9 Å². The molecule has 0 bridgehead atoms. The Morgan fingerprint density at radius 3 is 2.29 bits per heavy atom. The van der Waals surface area contributed by atoms with E-state index in [1.807, 2.05) is 0 Å². The number of rotatable bonds is 7. The normalized spacial score (nSPS) is 43.1. The van der Waals surface area contributed by atoms with Crippen molar-refractivity contribution in [2.75, 3.05) is 0 Å². The fraction of sp³-hybridized carbons (Fsp3) is 0.871. The molecule has 4 nitrogen and oxygen atoms in total. The number of hydrogen-bond donors (Lipinski definition) is 0. The molecule has 10 atom stereocenters. The van der Waals surface area contributed by atoms with Crippen LogP contribution in [0, 0.1) is 52.3 Å². The van der Waals surface area contributed by atoms with Crippen molar-refractivity contribution in [1.29, 1.82) is 0 Å². The molecule has 0 heterocycles. The van der Waals surface area contributed by atoms with Gasteiger partial charge in [-0.2, -0.15) is 0 Å². The van der Waals surface area contributed by atoms with Gasteiger partial charge in [0.2, 0.25) is 0 Å². The van der Waals surface area contributed by atoms with Crippen molar-refractivity contribution in [2.45, 2.75) is 118 Å². The fourth-order valence-electron chi connectivity index (χ4n) is 9.35. The monoisotopic (exact) mass is 486 g/mol. The van der Waals surface area contributed by atoms with E-state index in [1.54, 1.807) is 0 Å². The number of fused-ring (bicyclic) bond motifs is 5. The van der Waals surface area contributed by atoms with Crippen molar-refractivity contribution >= 4 is 11.9 Å². The van der Waals surface area contributed by atoms with Gasteiger partial charge in [-0.15, -0.1) is 0 Å². The Labute approximate surface area is 214 Å². The van der Waals surface area contributed by atoms with Gasteiger partial charge in [-0.1, -0.05) is 66.0 Å². The van der Waals surface area contributed by atoms with Crippen LogP contribution in [0.2, 0.25) is 0 Å². The summed E-state index contributed by atoms with van der Waals surface area (Å²) in [5.41, 5.74) is 0.321. The molecule has 4 aliphatic rings. The molecular weight excluding hydrogens is 436 g/mol. The molecule has 35 heavy (non-hydrogen) atoms. The van der Waals surface area contributed by atoms with Gasteiger partial charge < -0.3 is 9.47 Å². The predicted molar refractivity (Wildman–Crippen MR) is 139 cm³/mol. The molecule has 0 spiro atoms. The van der Waals surface area contributed by atoms with Gasteiger partial charge in [0.25, 0.3) is 0 Å². The Hall–Kier alpha value is -1.32. The number of hydrogen-bond acceptors (Lipinski definition) is 4. The van der Waals surface area contributed by atoms with Crippen molar-refractivity contribution in [3.63, 3.8) is 0 Å². The summed E-state index contributed by atoms with van der Waals surface area (Å²) in [5, 5.41) is 0. The van der Waals surface area contributed by atoms with Crippen LogP contribution in [0.4, 0.5) is 0 Å². The second-order valence-electron chi connectivity index (χ2n) is 13.5. The van der Waals surface area contributed by atoms with E-state index >= 15 is 0 Å². The van der Waals surface area contributed by atoms with E-state index in [-0.39, 0.29) is 35.5 Å². The number of esters is 2. The molecule has 0 N–H and O–H groups in total. The lowest BCUT2D eigenvalue weighted by Gasteiger charge is -2.60. The lowest BCUT2D eigenvalue weighted by Crippen LogP contribution is -2.59. The summed E-state index contributed by atoms with van der Waals surface area (Å²) >= 11 is 0. The first-order valence-corrected chi connectivity index (χ1v) is 14.5. The average Bonchev–Trinajstić information content (AvgIpc) is 3.11. The molecule has 0 aliphatic heterocycles. The van der Waals surface area contributed by atoms with Gasteiger partial charge in [0, 0.05) is 25.7 Å². The van der Waals surface area contributed by atoms with Crippen LogP contribution in [-0.2, 0) is 19.1 Å². The fourth-order valence-corrected chi connectivity index (χ4v) is 9.35. The van der Waals surface area contributed by atoms with Crippen molar-refractivity contribution in [2.24, 2.45) is 52.3 Å². The highest BCUT2D eigenvalue weighted by Gasteiger charge is 2.62. The Morgan fingerprint density at radius 2 is 1.63 bits per heavy atom. The smallest absolute Gasteiger partial charge is 0.302 e. The summed E-state index contributed by atoms with van der Waals surface area (Å²) in [6.07, 6.45) is 15.3. The molecule has 4 heteroatoms. The second-order valence-corrected chi connectivity index (χ2v) is 13.5. The molecule has 0 aromatic rings. The largest absolute Gasteiger partial charge is 0.462 e. The first kappa shape index (κ1) is 26.7. The van der Waals surface area contributed by atoms with Gasteiger partial charge in [0.1, 0.15) is 12.2 Å². The summed E-state index contributed by atoms with van der Waals surface area (Å²) in [5.74, 6) is 4.03. The van der Waals surface area contributed by atoms with Crippen molar-refractivity contribution in [3.05, 3.63) is 12.2 Å². The van der Waals surface area contributed by atoms with E-state index in [2.05, 4.69) is 46.8 Å². The Morgan fingerprint density at radius 1 is 0.914 bits per heavy atom. The van der Waals surface area contributed by atoms with E-state index in [4.69, 9.17) is 9.47 Å². The van der Waals surface area contributed by atoms with Crippen LogP contribution in [0.25, 0.3) is 0 Å². The van der Waals surface area contributed by atoms with Gasteiger partial charge in [-0.3, -0.25) is 9.59 Å². The zero-order chi connectivity index (χ0) is 25.5. The Kier molecular flexibility index (Phi) is 7.80. The first-order chi connectivity index (χ1) is 16.5. The number of carbonyl (C=O) groups is 2. The maximum absolute atomic E-state index is 12.1. The van der Waals surface area contributed by atoms with Crippen LogP contribution in [0.3, 0.4) is 0 Å². The second kappa shape index (κ2) is 10.2. The Bertz CT molecular complexity index is 817. The molecule has 0 saturated heterocycles. The number of carbonyl (C=O) groups excluding carboxylic acids is 2. The summed E-state index contributed by atoms with van der Waals surface area (Å²) in [4.78, 5) is 23.9. The van der Waals surface area contributed by atoms with Crippen LogP contribution >= 0.6 is 0 Å². The maximum atomic E-state index is 12.1. The molecule has 3 saturated carbocycles. The molecule has 3 fully saturated rings. The van der Waals surface area contributed by atoms with Crippen molar-refractivity contribution in [3.8, 4) is 0 Å². The first-order valence-electron chi connectivity index (χ1n) is 14.5. The van der Waals surface area contributed by atoms with Crippen LogP contribution in [-0.4, -0.2) is 24.1 Å². The molecular formula is C31H50O4. The minimum atomic E-state index is -0.245. The lowest BCUT2D eigenvalue weighted by atomic mass is 9.45. The summed E-state index contributed by atoms with van der Waals surface area (Å²) in [6, 6.07) is 0. The van der Waals surface area contributed by atoms with Gasteiger partial charge in [0.15, 0.2) is 0 Å². The minimum Gasteiger partial charge on any atom is -0.462 e. The van der Waals surface area contributed by atoms with E-state index in [0.717, 1.165) is 30.1 Å². The molecule has 0 aromatic heterocycles.